The maximum absolute atomic E-state index is 5.83. The summed E-state index contributed by atoms with van der Waals surface area (Å²) in [5, 5.41) is 0. The SMILES string of the molecule is CC(C(C)N1CC2CC2C1)N1CCC2(CC1)OCCO2. The minimum atomic E-state index is -0.227. The molecule has 4 unspecified atom stereocenters. The first-order valence-corrected chi connectivity index (χ1v) is 8.43. The van der Waals surface area contributed by atoms with Gasteiger partial charge in [-0.15, -0.1) is 0 Å². The van der Waals surface area contributed by atoms with Gasteiger partial charge in [0.05, 0.1) is 13.2 Å². The third kappa shape index (κ3) is 2.31. The Morgan fingerprint density at radius 1 is 0.900 bits per heavy atom. The summed E-state index contributed by atoms with van der Waals surface area (Å²) in [6.45, 7) is 11.3. The number of ether oxygens (including phenoxy) is 2. The molecule has 3 aliphatic heterocycles. The van der Waals surface area contributed by atoms with E-state index in [9.17, 15) is 0 Å². The van der Waals surface area contributed by atoms with Gasteiger partial charge in [-0.3, -0.25) is 9.80 Å². The molecule has 0 radical (unpaired) electrons. The first-order valence-electron chi connectivity index (χ1n) is 8.43. The van der Waals surface area contributed by atoms with Crippen LogP contribution >= 0.6 is 0 Å². The zero-order valence-corrected chi connectivity index (χ0v) is 12.9. The predicted octanol–water partition coefficient (Wildman–Crippen LogP) is 1.55. The zero-order valence-electron chi connectivity index (χ0n) is 12.9. The quantitative estimate of drug-likeness (QED) is 0.783. The topological polar surface area (TPSA) is 24.9 Å². The van der Waals surface area contributed by atoms with E-state index in [0.717, 1.165) is 51.0 Å². The second-order valence-corrected chi connectivity index (χ2v) is 7.33. The van der Waals surface area contributed by atoms with Crippen LogP contribution in [0, 0.1) is 11.8 Å². The maximum atomic E-state index is 5.83. The van der Waals surface area contributed by atoms with E-state index in [-0.39, 0.29) is 5.79 Å². The van der Waals surface area contributed by atoms with Crippen LogP contribution in [0.1, 0.15) is 33.1 Å². The molecule has 3 saturated heterocycles. The Kier molecular flexibility index (Phi) is 3.33. The number of likely N-dealkylation sites (tertiary alicyclic amines) is 2. The van der Waals surface area contributed by atoms with E-state index in [1.807, 2.05) is 0 Å². The summed E-state index contributed by atoms with van der Waals surface area (Å²) in [5.41, 5.74) is 0. The molecule has 1 saturated carbocycles. The van der Waals surface area contributed by atoms with Crippen LogP contribution < -0.4 is 0 Å². The van der Waals surface area contributed by atoms with Gasteiger partial charge < -0.3 is 9.47 Å². The van der Waals surface area contributed by atoms with E-state index in [4.69, 9.17) is 9.47 Å². The number of nitrogens with zero attached hydrogens (tertiary/aromatic N) is 2. The van der Waals surface area contributed by atoms with Crippen LogP contribution in [0.25, 0.3) is 0 Å². The van der Waals surface area contributed by atoms with E-state index >= 15 is 0 Å². The summed E-state index contributed by atoms with van der Waals surface area (Å²) in [6.07, 6.45) is 3.57. The second kappa shape index (κ2) is 4.94. The lowest BCUT2D eigenvalue weighted by molar-refractivity contribution is -0.188. The predicted molar refractivity (Wildman–Crippen MR) is 77.5 cm³/mol. The molecule has 114 valence electrons. The molecule has 0 amide bonds. The normalized spacial score (nSPS) is 39.9. The fraction of sp³-hybridized carbons (Fsp3) is 1.00. The Bertz CT molecular complexity index is 349. The van der Waals surface area contributed by atoms with Crippen molar-refractivity contribution in [3.63, 3.8) is 0 Å². The molecule has 20 heavy (non-hydrogen) atoms. The van der Waals surface area contributed by atoms with Crippen molar-refractivity contribution in [2.24, 2.45) is 11.8 Å². The van der Waals surface area contributed by atoms with Gasteiger partial charge in [-0.05, 0) is 32.1 Å². The Morgan fingerprint density at radius 2 is 1.45 bits per heavy atom. The monoisotopic (exact) mass is 280 g/mol. The first-order chi connectivity index (χ1) is 9.67. The van der Waals surface area contributed by atoms with E-state index < -0.39 is 0 Å². The highest BCUT2D eigenvalue weighted by Crippen LogP contribution is 2.46. The van der Waals surface area contributed by atoms with Gasteiger partial charge in [0.2, 0.25) is 0 Å². The molecular formula is C16H28N2O2. The third-order valence-electron chi connectivity index (χ3n) is 6.23. The van der Waals surface area contributed by atoms with Crippen LogP contribution in [0.5, 0.6) is 0 Å². The lowest BCUT2D eigenvalue weighted by Gasteiger charge is -2.43. The van der Waals surface area contributed by atoms with Crippen LogP contribution in [0.15, 0.2) is 0 Å². The number of fused-ring (bicyclic) bond motifs is 1. The standard InChI is InChI=1S/C16H28N2O2/c1-12(13(2)18-10-14-9-15(14)11-18)17-5-3-16(4-6-17)19-7-8-20-16/h12-15H,3-11H2,1-2H3. The highest BCUT2D eigenvalue weighted by atomic mass is 16.7. The molecule has 0 aromatic rings. The summed E-state index contributed by atoms with van der Waals surface area (Å²) in [7, 11) is 0. The van der Waals surface area contributed by atoms with E-state index in [1.54, 1.807) is 0 Å². The number of piperidine rings is 2. The molecule has 4 rings (SSSR count). The van der Waals surface area contributed by atoms with Crippen molar-refractivity contribution in [2.75, 3.05) is 39.4 Å². The van der Waals surface area contributed by atoms with Gasteiger partial charge in [-0.2, -0.15) is 0 Å². The average molecular weight is 280 g/mol. The summed E-state index contributed by atoms with van der Waals surface area (Å²) in [5.74, 6) is 1.85. The van der Waals surface area contributed by atoms with E-state index in [2.05, 4.69) is 23.6 Å². The summed E-state index contributed by atoms with van der Waals surface area (Å²) in [4.78, 5) is 5.36. The van der Waals surface area contributed by atoms with Crippen LogP contribution in [0.3, 0.4) is 0 Å². The average Bonchev–Trinajstić information content (AvgIpc) is 2.89. The summed E-state index contributed by atoms with van der Waals surface area (Å²) < 4.78 is 11.7. The Morgan fingerprint density at radius 3 is 2.05 bits per heavy atom. The smallest absolute Gasteiger partial charge is 0.170 e. The van der Waals surface area contributed by atoms with E-state index in [1.165, 1.54) is 19.5 Å². The molecule has 0 aromatic carbocycles. The fourth-order valence-electron chi connectivity index (χ4n) is 4.43. The first kappa shape index (κ1) is 13.5. The molecule has 4 fully saturated rings. The van der Waals surface area contributed by atoms with Crippen molar-refractivity contribution in [2.45, 2.75) is 51.0 Å². The molecule has 0 N–H and O–H groups in total. The van der Waals surface area contributed by atoms with Crippen LogP contribution in [-0.4, -0.2) is 67.1 Å². The van der Waals surface area contributed by atoms with Crippen molar-refractivity contribution in [1.82, 2.24) is 9.80 Å². The Balaban J connectivity index is 1.31. The Hall–Kier alpha value is -0.160. The van der Waals surface area contributed by atoms with Crippen LogP contribution in [0.4, 0.5) is 0 Å². The molecular weight excluding hydrogens is 252 g/mol. The van der Waals surface area contributed by atoms with Gasteiger partial charge in [-0.1, -0.05) is 0 Å². The lowest BCUT2D eigenvalue weighted by Crippen LogP contribution is -2.54. The summed E-state index contributed by atoms with van der Waals surface area (Å²) in [6, 6.07) is 1.33. The van der Waals surface area contributed by atoms with Crippen molar-refractivity contribution in [1.29, 1.82) is 0 Å². The van der Waals surface area contributed by atoms with Crippen molar-refractivity contribution >= 4 is 0 Å². The minimum absolute atomic E-state index is 0.227. The lowest BCUT2D eigenvalue weighted by atomic mass is 9.99. The van der Waals surface area contributed by atoms with Gasteiger partial charge >= 0.3 is 0 Å². The van der Waals surface area contributed by atoms with Gasteiger partial charge in [-0.25, -0.2) is 0 Å². The van der Waals surface area contributed by atoms with Crippen molar-refractivity contribution < 1.29 is 9.47 Å². The molecule has 1 spiro atoms. The highest BCUT2D eigenvalue weighted by Gasteiger charge is 2.47. The van der Waals surface area contributed by atoms with Crippen LogP contribution in [0.2, 0.25) is 0 Å². The van der Waals surface area contributed by atoms with Crippen LogP contribution in [-0.2, 0) is 9.47 Å². The molecule has 4 nitrogen and oxygen atoms in total. The molecule has 4 aliphatic rings. The molecule has 3 heterocycles. The summed E-state index contributed by atoms with van der Waals surface area (Å²) >= 11 is 0. The molecule has 1 aliphatic carbocycles. The third-order valence-corrected chi connectivity index (χ3v) is 6.23. The van der Waals surface area contributed by atoms with Gasteiger partial charge in [0.15, 0.2) is 5.79 Å². The largest absolute Gasteiger partial charge is 0.347 e. The van der Waals surface area contributed by atoms with Crippen molar-refractivity contribution in [3.05, 3.63) is 0 Å². The molecule has 0 aromatic heterocycles. The molecule has 4 heteroatoms. The van der Waals surface area contributed by atoms with Crippen molar-refractivity contribution in [3.8, 4) is 0 Å². The fourth-order valence-corrected chi connectivity index (χ4v) is 4.43. The number of hydrogen-bond donors (Lipinski definition) is 0. The minimum Gasteiger partial charge on any atom is -0.347 e. The zero-order chi connectivity index (χ0) is 13.7. The number of hydrogen-bond acceptors (Lipinski definition) is 4. The molecule has 4 atom stereocenters. The van der Waals surface area contributed by atoms with E-state index in [0.29, 0.717) is 12.1 Å². The van der Waals surface area contributed by atoms with Gasteiger partial charge in [0, 0.05) is 51.1 Å². The van der Waals surface area contributed by atoms with Gasteiger partial charge in [0.25, 0.3) is 0 Å². The maximum Gasteiger partial charge on any atom is 0.170 e. The second-order valence-electron chi connectivity index (χ2n) is 7.33. The number of rotatable bonds is 3. The highest BCUT2D eigenvalue weighted by molar-refractivity contribution is 5.00. The van der Waals surface area contributed by atoms with Gasteiger partial charge in [0.1, 0.15) is 0 Å². The Labute approximate surface area is 122 Å². The molecule has 0 bridgehead atoms.